The highest BCUT2D eigenvalue weighted by molar-refractivity contribution is 5.97. The number of amides is 2. The standard InChI is InChI=1S/C22H27N3O4/c1-14(2)20(24-21(26)16-6-9-18(28-4)10-7-16)22(27)25-23-13-17-8-11-19(29-5)12-15(17)3/h6-14,20H,1-5H3,(H,24,26)(H,25,27). The number of hydrogen-bond donors (Lipinski definition) is 2. The minimum atomic E-state index is -0.723. The van der Waals surface area contributed by atoms with Crippen molar-refractivity contribution in [2.45, 2.75) is 26.8 Å². The van der Waals surface area contributed by atoms with Crippen LogP contribution in [-0.2, 0) is 4.79 Å². The van der Waals surface area contributed by atoms with Gasteiger partial charge in [0.1, 0.15) is 17.5 Å². The monoisotopic (exact) mass is 397 g/mol. The summed E-state index contributed by atoms with van der Waals surface area (Å²) in [6, 6.07) is 11.5. The molecule has 7 heteroatoms. The Labute approximate surface area is 171 Å². The van der Waals surface area contributed by atoms with Gasteiger partial charge in [-0.3, -0.25) is 9.59 Å². The number of rotatable bonds is 8. The van der Waals surface area contributed by atoms with E-state index in [-0.39, 0.29) is 17.7 Å². The molecule has 0 radical (unpaired) electrons. The van der Waals surface area contributed by atoms with E-state index in [0.717, 1.165) is 16.9 Å². The van der Waals surface area contributed by atoms with Crippen LogP contribution in [0.25, 0.3) is 0 Å². The van der Waals surface area contributed by atoms with Gasteiger partial charge in [0.15, 0.2) is 0 Å². The number of aryl methyl sites for hydroxylation is 1. The summed E-state index contributed by atoms with van der Waals surface area (Å²) in [5, 5.41) is 6.79. The molecular formula is C22H27N3O4. The molecule has 0 spiro atoms. The fourth-order valence-corrected chi connectivity index (χ4v) is 2.66. The first-order valence-corrected chi connectivity index (χ1v) is 9.28. The Kier molecular flexibility index (Phi) is 7.77. The molecule has 2 aromatic rings. The van der Waals surface area contributed by atoms with Crippen LogP contribution in [0, 0.1) is 12.8 Å². The molecule has 2 amide bonds. The van der Waals surface area contributed by atoms with Crippen molar-refractivity contribution in [1.82, 2.24) is 10.7 Å². The first kappa shape index (κ1) is 21.9. The van der Waals surface area contributed by atoms with Crippen LogP contribution in [0.1, 0.15) is 35.3 Å². The molecule has 0 bridgehead atoms. The Morgan fingerprint density at radius 3 is 2.17 bits per heavy atom. The Hall–Kier alpha value is -3.35. The molecule has 1 unspecified atom stereocenters. The molecule has 0 aliphatic heterocycles. The highest BCUT2D eigenvalue weighted by Gasteiger charge is 2.24. The molecule has 0 aliphatic carbocycles. The predicted molar refractivity (Wildman–Crippen MR) is 113 cm³/mol. The molecule has 29 heavy (non-hydrogen) atoms. The summed E-state index contributed by atoms with van der Waals surface area (Å²) >= 11 is 0. The molecule has 0 aromatic heterocycles. The molecule has 2 aromatic carbocycles. The third kappa shape index (κ3) is 6.07. The van der Waals surface area contributed by atoms with Gasteiger partial charge in [0.05, 0.1) is 20.4 Å². The van der Waals surface area contributed by atoms with Gasteiger partial charge in [-0.1, -0.05) is 13.8 Å². The lowest BCUT2D eigenvalue weighted by molar-refractivity contribution is -0.123. The van der Waals surface area contributed by atoms with Crippen LogP contribution >= 0.6 is 0 Å². The van der Waals surface area contributed by atoms with E-state index in [1.54, 1.807) is 44.7 Å². The van der Waals surface area contributed by atoms with Gasteiger partial charge in [0.25, 0.3) is 11.8 Å². The van der Waals surface area contributed by atoms with Crippen molar-refractivity contribution in [3.63, 3.8) is 0 Å². The maximum atomic E-state index is 12.5. The minimum absolute atomic E-state index is 0.116. The topological polar surface area (TPSA) is 89.0 Å². The van der Waals surface area contributed by atoms with Crippen molar-refractivity contribution >= 4 is 18.0 Å². The Morgan fingerprint density at radius 1 is 1.00 bits per heavy atom. The summed E-state index contributed by atoms with van der Waals surface area (Å²) < 4.78 is 10.3. The van der Waals surface area contributed by atoms with E-state index in [9.17, 15) is 9.59 Å². The normalized spacial score (nSPS) is 11.9. The van der Waals surface area contributed by atoms with Crippen LogP contribution in [0.15, 0.2) is 47.6 Å². The van der Waals surface area contributed by atoms with Crippen LogP contribution in [0.5, 0.6) is 11.5 Å². The van der Waals surface area contributed by atoms with E-state index < -0.39 is 6.04 Å². The number of nitrogens with zero attached hydrogens (tertiary/aromatic N) is 1. The molecule has 0 heterocycles. The lowest BCUT2D eigenvalue weighted by Gasteiger charge is -2.20. The zero-order valence-electron chi connectivity index (χ0n) is 17.4. The van der Waals surface area contributed by atoms with Gasteiger partial charge in [0, 0.05) is 5.56 Å². The van der Waals surface area contributed by atoms with E-state index in [2.05, 4.69) is 15.8 Å². The second kappa shape index (κ2) is 10.3. The molecular weight excluding hydrogens is 370 g/mol. The average molecular weight is 397 g/mol. The first-order chi connectivity index (χ1) is 13.8. The number of carbonyl (C=O) groups is 2. The minimum Gasteiger partial charge on any atom is -0.497 e. The van der Waals surface area contributed by atoms with Gasteiger partial charge >= 0.3 is 0 Å². The number of nitrogens with one attached hydrogen (secondary N) is 2. The Balaban J connectivity index is 2.02. The molecule has 0 aliphatic rings. The summed E-state index contributed by atoms with van der Waals surface area (Å²) in [5.74, 6) is 0.573. The molecule has 0 saturated heterocycles. The first-order valence-electron chi connectivity index (χ1n) is 9.28. The lowest BCUT2D eigenvalue weighted by Crippen LogP contribution is -2.48. The van der Waals surface area contributed by atoms with Crippen LogP contribution in [-0.4, -0.2) is 38.3 Å². The number of ether oxygens (including phenoxy) is 2. The van der Waals surface area contributed by atoms with Crippen LogP contribution in [0.4, 0.5) is 0 Å². The van der Waals surface area contributed by atoms with Gasteiger partial charge < -0.3 is 14.8 Å². The van der Waals surface area contributed by atoms with Crippen molar-refractivity contribution in [3.05, 3.63) is 59.2 Å². The fourth-order valence-electron chi connectivity index (χ4n) is 2.66. The third-order valence-corrected chi connectivity index (χ3v) is 4.44. The van der Waals surface area contributed by atoms with E-state index in [1.807, 2.05) is 39.0 Å². The second-order valence-electron chi connectivity index (χ2n) is 6.88. The van der Waals surface area contributed by atoms with Gasteiger partial charge in [0.2, 0.25) is 0 Å². The number of benzene rings is 2. The molecule has 154 valence electrons. The number of methoxy groups -OCH3 is 2. The van der Waals surface area contributed by atoms with Gasteiger partial charge in [-0.15, -0.1) is 0 Å². The molecule has 0 saturated carbocycles. The summed E-state index contributed by atoms with van der Waals surface area (Å²) in [7, 11) is 3.16. The van der Waals surface area contributed by atoms with Crippen molar-refractivity contribution in [3.8, 4) is 11.5 Å². The molecule has 2 rings (SSSR count). The van der Waals surface area contributed by atoms with Gasteiger partial charge in [-0.25, -0.2) is 5.43 Å². The summed E-state index contributed by atoms with van der Waals surface area (Å²) in [5.41, 5.74) is 4.78. The molecule has 7 nitrogen and oxygen atoms in total. The molecule has 1 atom stereocenters. The van der Waals surface area contributed by atoms with Gasteiger partial charge in [-0.05, 0) is 66.4 Å². The summed E-state index contributed by atoms with van der Waals surface area (Å²) in [6.45, 7) is 5.64. The van der Waals surface area contributed by atoms with Crippen molar-refractivity contribution in [2.24, 2.45) is 11.0 Å². The zero-order chi connectivity index (χ0) is 21.4. The van der Waals surface area contributed by atoms with Crippen molar-refractivity contribution in [1.29, 1.82) is 0 Å². The maximum Gasteiger partial charge on any atom is 0.262 e. The van der Waals surface area contributed by atoms with Crippen molar-refractivity contribution in [2.75, 3.05) is 14.2 Å². The second-order valence-corrected chi connectivity index (χ2v) is 6.88. The molecule has 2 N–H and O–H groups in total. The number of hydrazone groups is 1. The smallest absolute Gasteiger partial charge is 0.262 e. The number of hydrogen-bond acceptors (Lipinski definition) is 5. The fraction of sp³-hybridized carbons (Fsp3) is 0.318. The quantitative estimate of drug-likeness (QED) is 0.529. The average Bonchev–Trinajstić information content (AvgIpc) is 2.72. The van der Waals surface area contributed by atoms with E-state index in [1.165, 1.54) is 0 Å². The maximum absolute atomic E-state index is 12.5. The van der Waals surface area contributed by atoms with E-state index in [4.69, 9.17) is 9.47 Å². The van der Waals surface area contributed by atoms with E-state index >= 15 is 0 Å². The SMILES string of the molecule is COc1ccc(C(=O)NC(C(=O)NN=Cc2ccc(OC)cc2C)C(C)C)cc1. The van der Waals surface area contributed by atoms with Gasteiger partial charge in [-0.2, -0.15) is 5.10 Å². The Morgan fingerprint density at radius 2 is 1.62 bits per heavy atom. The van der Waals surface area contributed by atoms with E-state index in [0.29, 0.717) is 11.3 Å². The number of carbonyl (C=O) groups excluding carboxylic acids is 2. The lowest BCUT2D eigenvalue weighted by atomic mass is 10.0. The van der Waals surface area contributed by atoms with Crippen molar-refractivity contribution < 1.29 is 19.1 Å². The van der Waals surface area contributed by atoms with Crippen LogP contribution in [0.2, 0.25) is 0 Å². The highest BCUT2D eigenvalue weighted by Crippen LogP contribution is 2.15. The predicted octanol–water partition coefficient (Wildman–Crippen LogP) is 2.92. The van der Waals surface area contributed by atoms with Crippen LogP contribution in [0.3, 0.4) is 0 Å². The summed E-state index contributed by atoms with van der Waals surface area (Å²) in [4.78, 5) is 25.0. The highest BCUT2D eigenvalue weighted by atomic mass is 16.5. The zero-order valence-corrected chi connectivity index (χ0v) is 17.4. The summed E-state index contributed by atoms with van der Waals surface area (Å²) in [6.07, 6.45) is 1.56. The van der Waals surface area contributed by atoms with Crippen LogP contribution < -0.4 is 20.2 Å². The Bertz CT molecular complexity index is 876. The molecule has 0 fully saturated rings. The largest absolute Gasteiger partial charge is 0.497 e. The third-order valence-electron chi connectivity index (χ3n) is 4.44.